The highest BCUT2D eigenvalue weighted by Crippen LogP contribution is 2.18. The molecule has 2 aromatic rings. The van der Waals surface area contributed by atoms with Crippen molar-refractivity contribution in [3.8, 4) is 11.1 Å². The van der Waals surface area contributed by atoms with Gasteiger partial charge in [0.15, 0.2) is 0 Å². The standard InChI is InChI=1S/C15H18N2/c1-2-9-16-12-15-11-14(8-10-17-15)13-6-4-3-5-7-13/h3-8,10-11,16H,2,9,12H2,1H3. The van der Waals surface area contributed by atoms with Crippen LogP contribution in [0.25, 0.3) is 11.1 Å². The fourth-order valence-corrected chi connectivity index (χ4v) is 1.78. The van der Waals surface area contributed by atoms with Crippen LogP contribution in [0.15, 0.2) is 48.7 Å². The summed E-state index contributed by atoms with van der Waals surface area (Å²) in [6.07, 6.45) is 3.03. The SMILES string of the molecule is CCCNCc1cc(-c2ccccc2)ccn1. The summed E-state index contributed by atoms with van der Waals surface area (Å²) in [6.45, 7) is 4.05. The van der Waals surface area contributed by atoms with E-state index in [2.05, 4.69) is 53.6 Å². The van der Waals surface area contributed by atoms with Gasteiger partial charge in [-0.25, -0.2) is 0 Å². The van der Waals surface area contributed by atoms with Gasteiger partial charge in [-0.1, -0.05) is 37.3 Å². The number of nitrogens with zero attached hydrogens (tertiary/aromatic N) is 1. The van der Waals surface area contributed by atoms with Crippen molar-refractivity contribution in [1.82, 2.24) is 10.3 Å². The van der Waals surface area contributed by atoms with Crippen molar-refractivity contribution in [1.29, 1.82) is 0 Å². The first-order chi connectivity index (χ1) is 8.40. The van der Waals surface area contributed by atoms with Gasteiger partial charge in [0.25, 0.3) is 0 Å². The van der Waals surface area contributed by atoms with E-state index in [4.69, 9.17) is 0 Å². The predicted octanol–water partition coefficient (Wildman–Crippen LogP) is 3.25. The third kappa shape index (κ3) is 3.40. The zero-order chi connectivity index (χ0) is 11.9. The first kappa shape index (κ1) is 11.8. The van der Waals surface area contributed by atoms with Crippen LogP contribution in [0.3, 0.4) is 0 Å². The van der Waals surface area contributed by atoms with Crippen molar-refractivity contribution in [2.24, 2.45) is 0 Å². The van der Waals surface area contributed by atoms with Crippen LogP contribution >= 0.6 is 0 Å². The van der Waals surface area contributed by atoms with E-state index < -0.39 is 0 Å². The molecule has 0 amide bonds. The number of hydrogen-bond donors (Lipinski definition) is 1. The van der Waals surface area contributed by atoms with Gasteiger partial charge in [-0.15, -0.1) is 0 Å². The minimum atomic E-state index is 0.842. The van der Waals surface area contributed by atoms with Crippen LogP contribution in [0.1, 0.15) is 19.0 Å². The van der Waals surface area contributed by atoms with Gasteiger partial charge in [0.1, 0.15) is 0 Å². The summed E-state index contributed by atoms with van der Waals surface area (Å²) in [4.78, 5) is 4.37. The Bertz CT molecular complexity index is 451. The molecule has 1 aromatic heterocycles. The van der Waals surface area contributed by atoms with E-state index in [-0.39, 0.29) is 0 Å². The third-order valence-electron chi connectivity index (χ3n) is 2.66. The molecule has 1 N–H and O–H groups in total. The Kier molecular flexibility index (Phi) is 4.28. The van der Waals surface area contributed by atoms with Crippen LogP contribution in [0.2, 0.25) is 0 Å². The van der Waals surface area contributed by atoms with E-state index in [1.165, 1.54) is 11.1 Å². The normalized spacial score (nSPS) is 10.4. The topological polar surface area (TPSA) is 24.9 Å². The van der Waals surface area contributed by atoms with Crippen molar-refractivity contribution >= 4 is 0 Å². The molecule has 0 radical (unpaired) electrons. The maximum atomic E-state index is 4.37. The molecule has 17 heavy (non-hydrogen) atoms. The lowest BCUT2D eigenvalue weighted by molar-refractivity contribution is 0.664. The summed E-state index contributed by atoms with van der Waals surface area (Å²) in [7, 11) is 0. The van der Waals surface area contributed by atoms with Crippen LogP contribution in [-0.2, 0) is 6.54 Å². The molecule has 0 aliphatic rings. The van der Waals surface area contributed by atoms with Crippen LogP contribution in [0.4, 0.5) is 0 Å². The third-order valence-corrected chi connectivity index (χ3v) is 2.66. The molecular weight excluding hydrogens is 208 g/mol. The van der Waals surface area contributed by atoms with Gasteiger partial charge in [-0.05, 0) is 36.2 Å². The van der Waals surface area contributed by atoms with Gasteiger partial charge in [0.2, 0.25) is 0 Å². The summed E-state index contributed by atoms with van der Waals surface area (Å²) in [5.74, 6) is 0. The summed E-state index contributed by atoms with van der Waals surface area (Å²) in [6, 6.07) is 14.6. The molecule has 0 atom stereocenters. The van der Waals surface area contributed by atoms with Gasteiger partial charge in [-0.3, -0.25) is 4.98 Å². The maximum Gasteiger partial charge on any atom is 0.0547 e. The summed E-state index contributed by atoms with van der Waals surface area (Å²) >= 11 is 0. The monoisotopic (exact) mass is 226 g/mol. The minimum Gasteiger partial charge on any atom is -0.311 e. The zero-order valence-electron chi connectivity index (χ0n) is 10.2. The van der Waals surface area contributed by atoms with Crippen LogP contribution < -0.4 is 5.32 Å². The van der Waals surface area contributed by atoms with E-state index in [1.807, 2.05) is 12.3 Å². The van der Waals surface area contributed by atoms with E-state index in [9.17, 15) is 0 Å². The number of pyridine rings is 1. The molecule has 2 rings (SSSR count). The van der Waals surface area contributed by atoms with Crippen molar-refractivity contribution in [3.05, 3.63) is 54.4 Å². The fraction of sp³-hybridized carbons (Fsp3) is 0.267. The minimum absolute atomic E-state index is 0.842. The second-order valence-corrected chi connectivity index (χ2v) is 4.08. The average Bonchev–Trinajstić information content (AvgIpc) is 2.41. The van der Waals surface area contributed by atoms with Crippen molar-refractivity contribution in [2.45, 2.75) is 19.9 Å². The molecular formula is C15H18N2. The lowest BCUT2D eigenvalue weighted by Gasteiger charge is -2.05. The quantitative estimate of drug-likeness (QED) is 0.792. The Balaban J connectivity index is 2.12. The molecule has 0 saturated carbocycles. The lowest BCUT2D eigenvalue weighted by Crippen LogP contribution is -2.14. The highest BCUT2D eigenvalue weighted by Gasteiger charge is 1.99. The van der Waals surface area contributed by atoms with Gasteiger partial charge in [0, 0.05) is 12.7 Å². The van der Waals surface area contributed by atoms with Gasteiger partial charge in [0.05, 0.1) is 5.69 Å². The van der Waals surface area contributed by atoms with Crippen LogP contribution in [-0.4, -0.2) is 11.5 Å². The van der Waals surface area contributed by atoms with E-state index in [0.717, 1.165) is 25.2 Å². The van der Waals surface area contributed by atoms with Crippen LogP contribution in [0.5, 0.6) is 0 Å². The lowest BCUT2D eigenvalue weighted by atomic mass is 10.1. The number of hydrogen-bond acceptors (Lipinski definition) is 2. The Morgan fingerprint density at radius 3 is 2.65 bits per heavy atom. The molecule has 0 spiro atoms. The first-order valence-corrected chi connectivity index (χ1v) is 6.11. The average molecular weight is 226 g/mol. The second kappa shape index (κ2) is 6.16. The maximum absolute atomic E-state index is 4.37. The summed E-state index contributed by atoms with van der Waals surface area (Å²) in [5, 5.41) is 3.37. The molecule has 2 heteroatoms. The summed E-state index contributed by atoms with van der Waals surface area (Å²) < 4.78 is 0. The van der Waals surface area contributed by atoms with Gasteiger partial charge < -0.3 is 5.32 Å². The molecule has 2 nitrogen and oxygen atoms in total. The van der Waals surface area contributed by atoms with Crippen molar-refractivity contribution < 1.29 is 0 Å². The van der Waals surface area contributed by atoms with Crippen molar-refractivity contribution in [2.75, 3.05) is 6.54 Å². The second-order valence-electron chi connectivity index (χ2n) is 4.08. The molecule has 0 aliphatic heterocycles. The predicted molar refractivity (Wildman–Crippen MR) is 71.7 cm³/mol. The molecule has 0 bridgehead atoms. The number of aromatic nitrogens is 1. The summed E-state index contributed by atoms with van der Waals surface area (Å²) in [5.41, 5.74) is 3.57. The fourth-order valence-electron chi connectivity index (χ4n) is 1.78. The number of rotatable bonds is 5. The van der Waals surface area contributed by atoms with Gasteiger partial charge >= 0.3 is 0 Å². The first-order valence-electron chi connectivity index (χ1n) is 6.11. The molecule has 88 valence electrons. The highest BCUT2D eigenvalue weighted by molar-refractivity contribution is 5.63. The van der Waals surface area contributed by atoms with Gasteiger partial charge in [-0.2, -0.15) is 0 Å². The smallest absolute Gasteiger partial charge is 0.0547 e. The largest absolute Gasteiger partial charge is 0.311 e. The Hall–Kier alpha value is -1.67. The van der Waals surface area contributed by atoms with Crippen molar-refractivity contribution in [3.63, 3.8) is 0 Å². The Labute approximate surface area is 103 Å². The number of benzene rings is 1. The molecule has 1 aromatic carbocycles. The number of nitrogens with one attached hydrogen (secondary N) is 1. The highest BCUT2D eigenvalue weighted by atomic mass is 14.9. The molecule has 0 saturated heterocycles. The zero-order valence-corrected chi connectivity index (χ0v) is 10.2. The Morgan fingerprint density at radius 2 is 1.88 bits per heavy atom. The molecule has 1 heterocycles. The van der Waals surface area contributed by atoms with Crippen LogP contribution in [0, 0.1) is 0 Å². The van der Waals surface area contributed by atoms with E-state index in [1.54, 1.807) is 0 Å². The molecule has 0 fully saturated rings. The molecule has 0 unspecified atom stereocenters. The van der Waals surface area contributed by atoms with E-state index >= 15 is 0 Å². The molecule has 0 aliphatic carbocycles. The Morgan fingerprint density at radius 1 is 1.06 bits per heavy atom. The van der Waals surface area contributed by atoms with E-state index in [0.29, 0.717) is 0 Å².